The minimum atomic E-state index is 0.777. The van der Waals surface area contributed by atoms with Crippen molar-refractivity contribution in [3.63, 3.8) is 0 Å². The van der Waals surface area contributed by atoms with E-state index in [4.69, 9.17) is 9.47 Å². The van der Waals surface area contributed by atoms with Crippen molar-refractivity contribution >= 4 is 0 Å². The van der Waals surface area contributed by atoms with Crippen LogP contribution in [0.5, 0.6) is 5.75 Å². The average molecular weight is 261 g/mol. The standard InChI is InChI=1S/C16H23NO2/c1-13-11-14-3-2-4-15(14)12-16(13)19-10-7-17-5-8-18-9-6-17/h11-12H,2-10H2,1H3. The third kappa shape index (κ3) is 3.10. The van der Waals surface area contributed by atoms with Gasteiger partial charge in [0.25, 0.3) is 0 Å². The summed E-state index contributed by atoms with van der Waals surface area (Å²) in [6.07, 6.45) is 3.76. The zero-order chi connectivity index (χ0) is 13.1. The Morgan fingerprint density at radius 3 is 2.68 bits per heavy atom. The molecule has 1 aromatic carbocycles. The molecule has 3 nitrogen and oxygen atoms in total. The van der Waals surface area contributed by atoms with Crippen molar-refractivity contribution in [1.29, 1.82) is 0 Å². The Morgan fingerprint density at radius 1 is 1.16 bits per heavy atom. The van der Waals surface area contributed by atoms with E-state index in [0.29, 0.717) is 0 Å². The van der Waals surface area contributed by atoms with Crippen LogP contribution >= 0.6 is 0 Å². The van der Waals surface area contributed by atoms with Crippen LogP contribution in [0.3, 0.4) is 0 Å². The third-order valence-corrected chi connectivity index (χ3v) is 4.16. The van der Waals surface area contributed by atoms with Crippen LogP contribution in [-0.2, 0) is 17.6 Å². The smallest absolute Gasteiger partial charge is 0.122 e. The molecular formula is C16H23NO2. The third-order valence-electron chi connectivity index (χ3n) is 4.16. The lowest BCUT2D eigenvalue weighted by molar-refractivity contribution is 0.0322. The van der Waals surface area contributed by atoms with Crippen molar-refractivity contribution in [3.05, 3.63) is 28.8 Å². The summed E-state index contributed by atoms with van der Waals surface area (Å²) in [5, 5.41) is 0. The highest BCUT2D eigenvalue weighted by Gasteiger charge is 2.14. The fourth-order valence-corrected chi connectivity index (χ4v) is 2.99. The Bertz CT molecular complexity index is 439. The van der Waals surface area contributed by atoms with E-state index in [1.807, 2.05) is 0 Å². The summed E-state index contributed by atoms with van der Waals surface area (Å²) in [6.45, 7) is 7.72. The van der Waals surface area contributed by atoms with Crippen LogP contribution in [0, 0.1) is 6.92 Å². The number of rotatable bonds is 4. The molecule has 0 saturated carbocycles. The fourth-order valence-electron chi connectivity index (χ4n) is 2.99. The first-order valence-corrected chi connectivity index (χ1v) is 7.38. The molecule has 0 aromatic heterocycles. The Labute approximate surface area is 115 Å². The summed E-state index contributed by atoms with van der Waals surface area (Å²) >= 11 is 0. The average Bonchev–Trinajstić information content (AvgIpc) is 2.87. The normalized spacial score (nSPS) is 19.4. The number of hydrogen-bond donors (Lipinski definition) is 0. The van der Waals surface area contributed by atoms with Crippen LogP contribution in [0.15, 0.2) is 12.1 Å². The highest BCUT2D eigenvalue weighted by Crippen LogP contribution is 2.29. The molecule has 1 fully saturated rings. The van der Waals surface area contributed by atoms with Crippen LogP contribution in [0.25, 0.3) is 0 Å². The van der Waals surface area contributed by atoms with Gasteiger partial charge in [-0.05, 0) is 48.9 Å². The molecule has 19 heavy (non-hydrogen) atoms. The number of nitrogens with zero attached hydrogens (tertiary/aromatic N) is 1. The minimum absolute atomic E-state index is 0.777. The van der Waals surface area contributed by atoms with Gasteiger partial charge in [0.05, 0.1) is 13.2 Å². The van der Waals surface area contributed by atoms with Crippen molar-refractivity contribution in [3.8, 4) is 5.75 Å². The molecule has 0 spiro atoms. The first-order valence-electron chi connectivity index (χ1n) is 7.38. The highest BCUT2D eigenvalue weighted by molar-refractivity contribution is 5.44. The maximum absolute atomic E-state index is 5.98. The molecule has 104 valence electrons. The molecule has 0 N–H and O–H groups in total. The van der Waals surface area contributed by atoms with Gasteiger partial charge in [0, 0.05) is 19.6 Å². The van der Waals surface area contributed by atoms with Crippen molar-refractivity contribution < 1.29 is 9.47 Å². The number of ether oxygens (including phenoxy) is 2. The number of morpholine rings is 1. The van der Waals surface area contributed by atoms with Gasteiger partial charge in [-0.25, -0.2) is 0 Å². The minimum Gasteiger partial charge on any atom is -0.492 e. The highest BCUT2D eigenvalue weighted by atomic mass is 16.5. The van der Waals surface area contributed by atoms with E-state index in [-0.39, 0.29) is 0 Å². The fraction of sp³-hybridized carbons (Fsp3) is 0.625. The van der Waals surface area contributed by atoms with Gasteiger partial charge in [0.1, 0.15) is 12.4 Å². The molecule has 1 aliphatic heterocycles. The number of aryl methyl sites for hydroxylation is 3. The molecule has 0 unspecified atom stereocenters. The topological polar surface area (TPSA) is 21.7 Å². The molecule has 1 saturated heterocycles. The summed E-state index contributed by atoms with van der Waals surface area (Å²) in [7, 11) is 0. The van der Waals surface area contributed by atoms with Gasteiger partial charge in [-0.2, -0.15) is 0 Å². The molecule has 1 aliphatic carbocycles. The van der Waals surface area contributed by atoms with E-state index < -0.39 is 0 Å². The number of hydrogen-bond acceptors (Lipinski definition) is 3. The van der Waals surface area contributed by atoms with Crippen molar-refractivity contribution in [2.75, 3.05) is 39.5 Å². The number of fused-ring (bicyclic) bond motifs is 1. The lowest BCUT2D eigenvalue weighted by Crippen LogP contribution is -2.38. The second kappa shape index (κ2) is 5.93. The van der Waals surface area contributed by atoms with Gasteiger partial charge in [-0.15, -0.1) is 0 Å². The van der Waals surface area contributed by atoms with E-state index in [9.17, 15) is 0 Å². The van der Waals surface area contributed by atoms with Crippen LogP contribution < -0.4 is 4.74 Å². The van der Waals surface area contributed by atoms with Crippen molar-refractivity contribution in [2.45, 2.75) is 26.2 Å². The lowest BCUT2D eigenvalue weighted by atomic mass is 10.1. The lowest BCUT2D eigenvalue weighted by Gasteiger charge is -2.26. The molecule has 1 heterocycles. The molecule has 0 atom stereocenters. The second-order valence-corrected chi connectivity index (χ2v) is 5.54. The van der Waals surface area contributed by atoms with Crippen LogP contribution in [0.4, 0.5) is 0 Å². The van der Waals surface area contributed by atoms with Gasteiger partial charge in [-0.3, -0.25) is 4.90 Å². The molecule has 0 bridgehead atoms. The van der Waals surface area contributed by atoms with Crippen molar-refractivity contribution in [2.24, 2.45) is 0 Å². The first kappa shape index (κ1) is 12.9. The zero-order valence-electron chi connectivity index (χ0n) is 11.8. The summed E-state index contributed by atoms with van der Waals surface area (Å²) in [6, 6.07) is 4.57. The van der Waals surface area contributed by atoms with Crippen LogP contribution in [-0.4, -0.2) is 44.4 Å². The molecule has 3 heteroatoms. The maximum atomic E-state index is 5.98. The Hall–Kier alpha value is -1.06. The summed E-state index contributed by atoms with van der Waals surface area (Å²) in [4.78, 5) is 2.41. The van der Waals surface area contributed by atoms with E-state index in [0.717, 1.165) is 45.2 Å². The maximum Gasteiger partial charge on any atom is 0.122 e. The summed E-state index contributed by atoms with van der Waals surface area (Å²) in [5.41, 5.74) is 4.30. The zero-order valence-corrected chi connectivity index (χ0v) is 11.8. The quantitative estimate of drug-likeness (QED) is 0.829. The number of benzene rings is 1. The largest absolute Gasteiger partial charge is 0.492 e. The van der Waals surface area contributed by atoms with Gasteiger partial charge in [0.2, 0.25) is 0 Å². The van der Waals surface area contributed by atoms with Gasteiger partial charge < -0.3 is 9.47 Å². The monoisotopic (exact) mass is 261 g/mol. The molecule has 0 radical (unpaired) electrons. The van der Waals surface area contributed by atoms with E-state index in [1.54, 1.807) is 0 Å². The Balaban J connectivity index is 1.54. The molecule has 3 rings (SSSR count). The Morgan fingerprint density at radius 2 is 1.89 bits per heavy atom. The molecule has 0 amide bonds. The SMILES string of the molecule is Cc1cc2c(cc1OCCN1CCOCC1)CCC2. The molecule has 2 aliphatic rings. The van der Waals surface area contributed by atoms with E-state index >= 15 is 0 Å². The summed E-state index contributed by atoms with van der Waals surface area (Å²) in [5.74, 6) is 1.08. The van der Waals surface area contributed by atoms with Crippen LogP contribution in [0.1, 0.15) is 23.1 Å². The Kier molecular flexibility index (Phi) is 4.04. The predicted molar refractivity (Wildman–Crippen MR) is 76.0 cm³/mol. The predicted octanol–water partition coefficient (Wildman–Crippen LogP) is 2.19. The first-order chi connectivity index (χ1) is 9.33. The van der Waals surface area contributed by atoms with Gasteiger partial charge in [0.15, 0.2) is 0 Å². The molecule has 1 aromatic rings. The summed E-state index contributed by atoms with van der Waals surface area (Å²) < 4.78 is 11.3. The second-order valence-electron chi connectivity index (χ2n) is 5.54. The van der Waals surface area contributed by atoms with Gasteiger partial charge >= 0.3 is 0 Å². The molecular weight excluding hydrogens is 238 g/mol. The van der Waals surface area contributed by atoms with Crippen molar-refractivity contribution in [1.82, 2.24) is 4.90 Å². The van der Waals surface area contributed by atoms with E-state index in [2.05, 4.69) is 24.0 Å². The van der Waals surface area contributed by atoms with E-state index in [1.165, 1.54) is 36.0 Å². The van der Waals surface area contributed by atoms with Crippen LogP contribution in [0.2, 0.25) is 0 Å². The van der Waals surface area contributed by atoms with Gasteiger partial charge in [-0.1, -0.05) is 6.07 Å².